The van der Waals surface area contributed by atoms with Gasteiger partial charge in [0.15, 0.2) is 9.84 Å². The molecule has 1 N–H and O–H groups in total. The number of amides is 1. The molecule has 1 fully saturated rings. The minimum atomic E-state index is -3.14. The number of aromatic nitrogens is 2. The number of rotatable bonds is 7. The second-order valence-corrected chi connectivity index (χ2v) is 10.9. The van der Waals surface area contributed by atoms with E-state index < -0.39 is 27.9 Å². The molecule has 0 radical (unpaired) electrons. The van der Waals surface area contributed by atoms with Gasteiger partial charge in [0.2, 0.25) is 0 Å². The predicted molar refractivity (Wildman–Crippen MR) is 124 cm³/mol. The number of fused-ring (bicyclic) bond motifs is 1. The molecule has 1 aromatic heterocycles. The number of benzene rings is 2. The second-order valence-electron chi connectivity index (χ2n) is 8.87. The van der Waals surface area contributed by atoms with Crippen molar-refractivity contribution in [3.8, 4) is 11.4 Å². The average molecular weight is 494 g/mol. The van der Waals surface area contributed by atoms with E-state index in [-0.39, 0.29) is 34.6 Å². The van der Waals surface area contributed by atoms with Gasteiger partial charge in [-0.2, -0.15) is 8.78 Å². The summed E-state index contributed by atoms with van der Waals surface area (Å²) < 4.78 is 55.9. The molecule has 1 aliphatic rings. The van der Waals surface area contributed by atoms with Gasteiger partial charge in [0, 0.05) is 17.7 Å². The number of ether oxygens (including phenoxy) is 1. The monoisotopic (exact) mass is 493 g/mol. The molecule has 0 spiro atoms. The lowest BCUT2D eigenvalue weighted by molar-refractivity contribution is -0.0498. The van der Waals surface area contributed by atoms with E-state index >= 15 is 0 Å². The third-order valence-electron chi connectivity index (χ3n) is 5.96. The molecule has 0 saturated carbocycles. The van der Waals surface area contributed by atoms with Crippen LogP contribution in [-0.4, -0.2) is 47.1 Å². The maximum absolute atomic E-state index is 13.4. The molecule has 34 heavy (non-hydrogen) atoms. The van der Waals surface area contributed by atoms with Crippen LogP contribution in [0.25, 0.3) is 16.7 Å². The first kappa shape index (κ1) is 23.9. The van der Waals surface area contributed by atoms with Crippen molar-refractivity contribution in [3.05, 3.63) is 58.5 Å². The third-order valence-corrected chi connectivity index (χ3v) is 8.11. The summed E-state index contributed by atoms with van der Waals surface area (Å²) in [5, 5.41) is 2.77. The topological polar surface area (TPSA) is 99.4 Å². The fourth-order valence-corrected chi connectivity index (χ4v) is 6.37. The highest BCUT2D eigenvalue weighted by molar-refractivity contribution is 7.93. The lowest BCUT2D eigenvalue weighted by Gasteiger charge is -2.38. The van der Waals surface area contributed by atoms with Gasteiger partial charge in [-0.3, -0.25) is 13.9 Å². The summed E-state index contributed by atoms with van der Waals surface area (Å²) >= 11 is 0. The van der Waals surface area contributed by atoms with Gasteiger partial charge in [-0.25, -0.2) is 13.2 Å². The number of nitrogens with zero attached hydrogens (tertiary/aromatic N) is 2. The second kappa shape index (κ2) is 8.53. The molecular weight excluding hydrogens is 468 g/mol. The van der Waals surface area contributed by atoms with Crippen LogP contribution in [0.4, 0.5) is 8.78 Å². The standard InChI is InChI=1S/C23H25F2N3O5S/c1-4-14(2)27-19-10-15(20(29)26-23(3)12-34(31,32)13-23)8-9-18(19)28(22(27)30)16-6-5-7-17(11-16)33-21(24)25/h5-11,14,21H,4,12-13H2,1-3H3,(H,26,29)/t14-/m1/s1. The van der Waals surface area contributed by atoms with Gasteiger partial charge < -0.3 is 10.1 Å². The van der Waals surface area contributed by atoms with Crippen molar-refractivity contribution in [3.63, 3.8) is 0 Å². The minimum absolute atomic E-state index is 0.0801. The van der Waals surface area contributed by atoms with Crippen LogP contribution < -0.4 is 15.7 Å². The molecule has 2 heterocycles. The van der Waals surface area contributed by atoms with E-state index in [0.717, 1.165) is 0 Å². The fraction of sp³-hybridized carbons (Fsp3) is 0.391. The van der Waals surface area contributed by atoms with Crippen molar-refractivity contribution in [2.45, 2.75) is 45.4 Å². The van der Waals surface area contributed by atoms with Gasteiger partial charge in [0.05, 0.1) is 33.8 Å². The van der Waals surface area contributed by atoms with Gasteiger partial charge in [0.1, 0.15) is 5.75 Å². The minimum Gasteiger partial charge on any atom is -0.435 e. The molecule has 8 nitrogen and oxygen atoms in total. The van der Waals surface area contributed by atoms with E-state index in [1.54, 1.807) is 35.8 Å². The van der Waals surface area contributed by atoms with Gasteiger partial charge in [-0.1, -0.05) is 13.0 Å². The van der Waals surface area contributed by atoms with Crippen molar-refractivity contribution in [1.29, 1.82) is 0 Å². The Labute approximate surface area is 195 Å². The van der Waals surface area contributed by atoms with Crippen molar-refractivity contribution in [2.24, 2.45) is 0 Å². The Morgan fingerprint density at radius 3 is 2.50 bits per heavy atom. The van der Waals surface area contributed by atoms with Crippen molar-refractivity contribution < 1.29 is 26.7 Å². The van der Waals surface area contributed by atoms with E-state index in [1.807, 2.05) is 13.8 Å². The normalized spacial score (nSPS) is 17.4. The number of carbonyl (C=O) groups is 1. The summed E-state index contributed by atoms with van der Waals surface area (Å²) in [6.07, 6.45) is 0.639. The Bertz CT molecular complexity index is 1420. The average Bonchev–Trinajstić information content (AvgIpc) is 3.02. The molecular formula is C23H25F2N3O5S. The van der Waals surface area contributed by atoms with Crippen LogP contribution in [0.15, 0.2) is 47.3 Å². The van der Waals surface area contributed by atoms with Crippen LogP contribution in [0.2, 0.25) is 0 Å². The number of imidazole rings is 1. The predicted octanol–water partition coefficient (Wildman–Crippen LogP) is 3.28. The Hall–Kier alpha value is -3.21. The van der Waals surface area contributed by atoms with Crippen LogP contribution in [0, 0.1) is 0 Å². The molecule has 11 heteroatoms. The van der Waals surface area contributed by atoms with Gasteiger partial charge in [-0.15, -0.1) is 0 Å². The van der Waals surface area contributed by atoms with E-state index in [9.17, 15) is 26.8 Å². The number of alkyl halides is 2. The highest BCUT2D eigenvalue weighted by atomic mass is 32.2. The summed E-state index contributed by atoms with van der Waals surface area (Å²) in [4.78, 5) is 26.3. The summed E-state index contributed by atoms with van der Waals surface area (Å²) in [7, 11) is -3.14. The highest BCUT2D eigenvalue weighted by Gasteiger charge is 2.45. The fourth-order valence-electron chi connectivity index (χ4n) is 4.36. The van der Waals surface area contributed by atoms with Crippen LogP contribution >= 0.6 is 0 Å². The van der Waals surface area contributed by atoms with Crippen molar-refractivity contribution in [1.82, 2.24) is 14.5 Å². The molecule has 2 aromatic carbocycles. The molecule has 1 aliphatic heterocycles. The lowest BCUT2D eigenvalue weighted by Crippen LogP contribution is -2.63. The molecule has 1 atom stereocenters. The first-order valence-corrected chi connectivity index (χ1v) is 12.6. The molecule has 0 aliphatic carbocycles. The van der Waals surface area contributed by atoms with E-state index in [1.165, 1.54) is 22.8 Å². The summed E-state index contributed by atoms with van der Waals surface area (Å²) in [6.45, 7) is 2.46. The Balaban J connectivity index is 1.80. The Morgan fingerprint density at radius 2 is 1.88 bits per heavy atom. The van der Waals surface area contributed by atoms with Gasteiger partial charge in [-0.05, 0) is 50.6 Å². The molecule has 1 saturated heterocycles. The molecule has 182 valence electrons. The molecule has 0 bridgehead atoms. The number of carbonyl (C=O) groups excluding carboxylic acids is 1. The summed E-state index contributed by atoms with van der Waals surface area (Å²) in [5.41, 5.74) is 0.403. The van der Waals surface area contributed by atoms with Crippen LogP contribution in [0.5, 0.6) is 5.75 Å². The van der Waals surface area contributed by atoms with Gasteiger partial charge >= 0.3 is 12.3 Å². The Morgan fingerprint density at radius 1 is 1.18 bits per heavy atom. The van der Waals surface area contributed by atoms with Crippen LogP contribution in [0.1, 0.15) is 43.6 Å². The number of halogens is 2. The molecule has 0 unspecified atom stereocenters. The van der Waals surface area contributed by atoms with Gasteiger partial charge in [0.25, 0.3) is 5.91 Å². The number of sulfone groups is 1. The number of nitrogens with one attached hydrogen (secondary N) is 1. The molecule has 1 amide bonds. The largest absolute Gasteiger partial charge is 0.435 e. The molecule has 4 rings (SSSR count). The SMILES string of the molecule is CC[C@@H](C)n1c(=O)n(-c2cccc(OC(F)F)c2)c2ccc(C(=O)NC3(C)CS(=O)(=O)C3)cc21. The van der Waals surface area contributed by atoms with E-state index in [4.69, 9.17) is 0 Å². The number of hydrogen-bond acceptors (Lipinski definition) is 5. The third kappa shape index (κ3) is 4.44. The zero-order valence-electron chi connectivity index (χ0n) is 18.9. The maximum Gasteiger partial charge on any atom is 0.387 e. The first-order valence-electron chi connectivity index (χ1n) is 10.8. The Kier molecular flexibility index (Phi) is 6.01. The van der Waals surface area contributed by atoms with Crippen molar-refractivity contribution >= 4 is 26.8 Å². The van der Waals surface area contributed by atoms with E-state index in [0.29, 0.717) is 23.1 Å². The van der Waals surface area contributed by atoms with Crippen LogP contribution in [0.3, 0.4) is 0 Å². The van der Waals surface area contributed by atoms with E-state index in [2.05, 4.69) is 10.1 Å². The summed E-state index contributed by atoms with van der Waals surface area (Å²) in [6, 6.07) is 10.4. The number of hydrogen-bond donors (Lipinski definition) is 1. The van der Waals surface area contributed by atoms with Crippen LogP contribution in [-0.2, 0) is 9.84 Å². The quantitative estimate of drug-likeness (QED) is 0.545. The molecule has 3 aromatic rings. The smallest absolute Gasteiger partial charge is 0.387 e. The maximum atomic E-state index is 13.4. The summed E-state index contributed by atoms with van der Waals surface area (Å²) in [5.74, 6) is -0.774. The highest BCUT2D eigenvalue weighted by Crippen LogP contribution is 2.27. The lowest BCUT2D eigenvalue weighted by atomic mass is 10.1. The zero-order valence-corrected chi connectivity index (χ0v) is 19.7. The first-order chi connectivity index (χ1) is 15.9. The van der Waals surface area contributed by atoms with Crippen molar-refractivity contribution in [2.75, 3.05) is 11.5 Å². The zero-order chi connectivity index (χ0) is 24.8.